The summed E-state index contributed by atoms with van der Waals surface area (Å²) in [5.74, 6) is -0.0499. The van der Waals surface area contributed by atoms with Crippen molar-refractivity contribution in [3.8, 4) is 0 Å². The monoisotopic (exact) mass is 320 g/mol. The predicted octanol–water partition coefficient (Wildman–Crippen LogP) is -1.25. The topological polar surface area (TPSA) is 110 Å². The van der Waals surface area contributed by atoms with E-state index in [1.165, 1.54) is 4.90 Å². The lowest BCUT2D eigenvalue weighted by Crippen LogP contribution is -2.54. The van der Waals surface area contributed by atoms with Gasteiger partial charge in [-0.25, -0.2) is 8.42 Å². The van der Waals surface area contributed by atoms with E-state index in [1.807, 2.05) is 0 Å². The normalized spacial score (nSPS) is 27.4. The van der Waals surface area contributed by atoms with E-state index in [4.69, 9.17) is 10.5 Å². The summed E-state index contributed by atoms with van der Waals surface area (Å²) in [5, 5.41) is 9.23. The Morgan fingerprint density at radius 1 is 1.38 bits per heavy atom. The first-order valence-electron chi connectivity index (χ1n) is 7.34. The van der Waals surface area contributed by atoms with Gasteiger partial charge in [0.2, 0.25) is 5.91 Å². The third-order valence-electron chi connectivity index (χ3n) is 4.55. The number of nitrogens with zero attached hydrogens (tertiary/aromatic N) is 1. The Bertz CT molecular complexity index is 473. The Morgan fingerprint density at radius 3 is 2.52 bits per heavy atom. The molecule has 2 rings (SSSR count). The van der Waals surface area contributed by atoms with E-state index in [2.05, 4.69) is 0 Å². The van der Waals surface area contributed by atoms with Crippen LogP contribution in [0.2, 0.25) is 0 Å². The number of sulfone groups is 1. The van der Waals surface area contributed by atoms with E-state index >= 15 is 0 Å². The van der Waals surface area contributed by atoms with Gasteiger partial charge in [-0.2, -0.15) is 0 Å². The Hall–Kier alpha value is -0.700. The summed E-state index contributed by atoms with van der Waals surface area (Å²) in [6, 6.07) is -0.346. The lowest BCUT2D eigenvalue weighted by molar-refractivity contribution is -0.149. The number of hydrogen-bond acceptors (Lipinski definition) is 6. The van der Waals surface area contributed by atoms with Crippen molar-refractivity contribution in [3.63, 3.8) is 0 Å². The highest BCUT2D eigenvalue weighted by atomic mass is 32.2. The number of amides is 1. The predicted molar refractivity (Wildman–Crippen MR) is 77.4 cm³/mol. The van der Waals surface area contributed by atoms with Gasteiger partial charge in [-0.05, 0) is 19.3 Å². The molecule has 0 spiro atoms. The Morgan fingerprint density at radius 2 is 2.05 bits per heavy atom. The summed E-state index contributed by atoms with van der Waals surface area (Å²) in [4.78, 5) is 14.5. The van der Waals surface area contributed by atoms with Crippen molar-refractivity contribution < 1.29 is 23.1 Å². The van der Waals surface area contributed by atoms with Gasteiger partial charge in [0.05, 0.1) is 23.5 Å². The number of rotatable bonds is 5. The molecule has 0 bridgehead atoms. The second-order valence-corrected chi connectivity index (χ2v) is 8.10. The van der Waals surface area contributed by atoms with Crippen LogP contribution in [0, 0.1) is 5.41 Å². The minimum absolute atomic E-state index is 0.0180. The van der Waals surface area contributed by atoms with Crippen LogP contribution in [-0.2, 0) is 19.4 Å². The fourth-order valence-corrected chi connectivity index (χ4v) is 4.88. The van der Waals surface area contributed by atoms with Crippen molar-refractivity contribution in [2.75, 3.05) is 44.4 Å². The number of nitrogens with two attached hydrogens (primary N) is 1. The first-order valence-corrected chi connectivity index (χ1v) is 9.16. The zero-order valence-electron chi connectivity index (χ0n) is 12.2. The van der Waals surface area contributed by atoms with Gasteiger partial charge >= 0.3 is 0 Å². The van der Waals surface area contributed by atoms with Crippen LogP contribution in [0.25, 0.3) is 0 Å². The SMILES string of the molecule is NCC1(C(=O)N(CCO)C2CCS(=O)(=O)C2)CCOCC1. The van der Waals surface area contributed by atoms with Crippen LogP contribution in [-0.4, -0.2) is 74.8 Å². The highest BCUT2D eigenvalue weighted by Gasteiger charge is 2.44. The van der Waals surface area contributed by atoms with Gasteiger partial charge in [-0.3, -0.25) is 4.79 Å². The first kappa shape index (κ1) is 16.7. The van der Waals surface area contributed by atoms with Gasteiger partial charge in [0.15, 0.2) is 9.84 Å². The number of hydrogen-bond donors (Lipinski definition) is 2. The molecule has 0 saturated carbocycles. The molecule has 7 nitrogen and oxygen atoms in total. The Kier molecular flexibility index (Phi) is 5.24. The second kappa shape index (κ2) is 6.60. The van der Waals surface area contributed by atoms with E-state index in [-0.39, 0.29) is 43.2 Å². The van der Waals surface area contributed by atoms with Crippen LogP contribution in [0.5, 0.6) is 0 Å². The summed E-state index contributed by atoms with van der Waals surface area (Å²) in [7, 11) is -3.08. The maximum atomic E-state index is 12.9. The highest BCUT2D eigenvalue weighted by Crippen LogP contribution is 2.33. The lowest BCUT2D eigenvalue weighted by Gasteiger charge is -2.40. The molecule has 21 heavy (non-hydrogen) atoms. The molecule has 0 aliphatic carbocycles. The van der Waals surface area contributed by atoms with Crippen molar-refractivity contribution in [1.29, 1.82) is 0 Å². The maximum absolute atomic E-state index is 12.9. The average molecular weight is 320 g/mol. The molecule has 0 aromatic heterocycles. The van der Waals surface area contributed by atoms with Gasteiger partial charge in [-0.15, -0.1) is 0 Å². The number of carbonyl (C=O) groups is 1. The minimum atomic E-state index is -3.08. The standard InChI is InChI=1S/C13H24N2O5S/c14-10-13(2-6-20-7-3-13)12(17)15(4-5-16)11-1-8-21(18,19)9-11/h11,16H,1-10,14H2. The summed E-state index contributed by atoms with van der Waals surface area (Å²) in [6.45, 7) is 1.16. The van der Waals surface area contributed by atoms with Crippen LogP contribution in [0.4, 0.5) is 0 Å². The molecule has 122 valence electrons. The minimum Gasteiger partial charge on any atom is -0.395 e. The van der Waals surface area contributed by atoms with E-state index < -0.39 is 15.3 Å². The molecule has 2 heterocycles. The Labute approximate surface area is 125 Å². The maximum Gasteiger partial charge on any atom is 0.230 e. The molecule has 2 aliphatic rings. The number of aliphatic hydroxyl groups is 1. The highest BCUT2D eigenvalue weighted by molar-refractivity contribution is 7.91. The summed E-state index contributed by atoms with van der Waals surface area (Å²) >= 11 is 0. The molecule has 2 saturated heterocycles. The molecule has 2 fully saturated rings. The zero-order chi connectivity index (χ0) is 15.5. The quantitative estimate of drug-likeness (QED) is 0.655. The van der Waals surface area contributed by atoms with Crippen molar-refractivity contribution in [1.82, 2.24) is 4.90 Å². The van der Waals surface area contributed by atoms with Crippen molar-refractivity contribution >= 4 is 15.7 Å². The van der Waals surface area contributed by atoms with E-state index in [1.54, 1.807) is 0 Å². The van der Waals surface area contributed by atoms with Crippen LogP contribution in [0.3, 0.4) is 0 Å². The largest absolute Gasteiger partial charge is 0.395 e. The molecular weight excluding hydrogens is 296 g/mol. The van der Waals surface area contributed by atoms with Gasteiger partial charge in [0.1, 0.15) is 0 Å². The average Bonchev–Trinajstić information content (AvgIpc) is 2.84. The van der Waals surface area contributed by atoms with Crippen molar-refractivity contribution in [2.24, 2.45) is 11.1 Å². The zero-order valence-corrected chi connectivity index (χ0v) is 13.0. The lowest BCUT2D eigenvalue weighted by atomic mass is 9.78. The number of carbonyl (C=O) groups excluding carboxylic acids is 1. The smallest absolute Gasteiger partial charge is 0.230 e. The van der Waals surface area contributed by atoms with Gasteiger partial charge in [0.25, 0.3) is 0 Å². The third-order valence-corrected chi connectivity index (χ3v) is 6.30. The van der Waals surface area contributed by atoms with E-state index in [0.29, 0.717) is 32.5 Å². The molecule has 8 heteroatoms. The van der Waals surface area contributed by atoms with Crippen LogP contribution < -0.4 is 5.73 Å². The van der Waals surface area contributed by atoms with Crippen LogP contribution in [0.15, 0.2) is 0 Å². The van der Waals surface area contributed by atoms with Gasteiger partial charge in [-0.1, -0.05) is 0 Å². The molecule has 1 amide bonds. The van der Waals surface area contributed by atoms with E-state index in [9.17, 15) is 18.3 Å². The number of ether oxygens (including phenoxy) is 1. The molecule has 1 unspecified atom stereocenters. The molecular formula is C13H24N2O5S. The molecule has 0 aromatic carbocycles. The first-order chi connectivity index (χ1) is 9.94. The van der Waals surface area contributed by atoms with Crippen molar-refractivity contribution in [2.45, 2.75) is 25.3 Å². The molecule has 2 aliphatic heterocycles. The fourth-order valence-electron chi connectivity index (χ4n) is 3.15. The Balaban J connectivity index is 2.18. The second-order valence-electron chi connectivity index (χ2n) is 5.88. The third kappa shape index (κ3) is 3.56. The molecule has 0 radical (unpaired) electrons. The van der Waals surface area contributed by atoms with Crippen LogP contribution in [0.1, 0.15) is 19.3 Å². The molecule has 3 N–H and O–H groups in total. The molecule has 0 aromatic rings. The summed E-state index contributed by atoms with van der Waals surface area (Å²) in [5.41, 5.74) is 5.16. The van der Waals surface area contributed by atoms with Crippen LogP contribution >= 0.6 is 0 Å². The molecule has 1 atom stereocenters. The fraction of sp³-hybridized carbons (Fsp3) is 0.923. The summed E-state index contributed by atoms with van der Waals surface area (Å²) < 4.78 is 28.6. The van der Waals surface area contributed by atoms with Gasteiger partial charge in [0, 0.05) is 32.3 Å². The van der Waals surface area contributed by atoms with Gasteiger partial charge < -0.3 is 20.5 Å². The summed E-state index contributed by atoms with van der Waals surface area (Å²) in [6.07, 6.45) is 1.53. The number of aliphatic hydroxyl groups excluding tert-OH is 1. The van der Waals surface area contributed by atoms with E-state index in [0.717, 1.165) is 0 Å². The van der Waals surface area contributed by atoms with Crippen molar-refractivity contribution in [3.05, 3.63) is 0 Å².